The summed E-state index contributed by atoms with van der Waals surface area (Å²) in [6, 6.07) is 0. The number of esters is 1. The third kappa shape index (κ3) is 6.23. The van der Waals surface area contributed by atoms with E-state index in [0.29, 0.717) is 30.5 Å². The van der Waals surface area contributed by atoms with Crippen LogP contribution in [0.4, 0.5) is 0 Å². The lowest BCUT2D eigenvalue weighted by Gasteiger charge is -2.70. The first kappa shape index (κ1) is 38.5. The summed E-state index contributed by atoms with van der Waals surface area (Å²) in [4.78, 5) is 54.9. The summed E-state index contributed by atoms with van der Waals surface area (Å²) >= 11 is 0. The Bertz CT molecular complexity index is 1460. The number of piperidine rings is 1. The van der Waals surface area contributed by atoms with E-state index in [9.17, 15) is 24.3 Å². The Balaban J connectivity index is 1.27. The molecule has 1 amide bonds. The second-order valence-electron chi connectivity index (χ2n) is 20.2. The molecular weight excluding hydrogens is 640 g/mol. The van der Waals surface area contributed by atoms with Crippen LogP contribution < -0.4 is 5.32 Å². The molecule has 1 heterocycles. The van der Waals surface area contributed by atoms with E-state index in [1.807, 2.05) is 0 Å². The lowest BCUT2D eigenvalue weighted by molar-refractivity contribution is -0.214. The van der Waals surface area contributed by atoms with Gasteiger partial charge in [-0.3, -0.25) is 19.2 Å². The predicted octanol–water partition coefficient (Wildman–Crippen LogP) is 8.12. The van der Waals surface area contributed by atoms with Gasteiger partial charge in [0.1, 0.15) is 11.9 Å². The molecule has 0 spiro atoms. The first-order chi connectivity index (χ1) is 23.7. The molecule has 0 aromatic rings. The number of carboxylic acids is 1. The largest absolute Gasteiger partial charge is 0.481 e. The number of Topliss-reactive ketones (excluding diaryl/α,β-unsaturated/α-hetero) is 1. The number of amides is 1. The Morgan fingerprint density at radius 2 is 1.63 bits per heavy atom. The molecule has 2 N–H and O–H groups in total. The normalized spacial score (nSPS) is 39.5. The lowest BCUT2D eigenvalue weighted by Crippen LogP contribution is -2.65. The fourth-order valence-corrected chi connectivity index (χ4v) is 13.2. The number of carbonyl (C=O) groups is 4. The number of aliphatic carboxylic acids is 1. The predicted molar refractivity (Wildman–Crippen MR) is 199 cm³/mol. The number of nitrogens with zero attached hydrogens (tertiary/aromatic N) is 1. The standard InChI is InChI=1S/C43H68N2O6/c1-27(2)35-29(46)25-43(44-33(47)17-24-45-22-11-10-12-23-45)21-20-41(8)28(36(35)43)13-14-31-40(7)18-16-32(51-34(48)26-38(3,4)37(49)50)39(5,6)30(40)15-19-42(31,41)9/h27,30-32,35H,10-26H2,1-9H3,(H,44,47)(H,49,50)/t30-,31+,32-,35?,40-,41+,42+,43+/m0/s1. The van der Waals surface area contributed by atoms with E-state index in [1.54, 1.807) is 13.8 Å². The van der Waals surface area contributed by atoms with Crippen molar-refractivity contribution in [3.8, 4) is 0 Å². The molecule has 8 atom stereocenters. The second kappa shape index (κ2) is 13.3. The van der Waals surface area contributed by atoms with Gasteiger partial charge in [0.05, 0.1) is 17.4 Å². The monoisotopic (exact) mass is 709 g/mol. The molecular formula is C43H68N2O6. The molecule has 0 aromatic heterocycles. The van der Waals surface area contributed by atoms with Gasteiger partial charge in [0.15, 0.2) is 0 Å². The van der Waals surface area contributed by atoms with E-state index in [1.165, 1.54) is 30.4 Å². The maximum absolute atomic E-state index is 14.0. The minimum atomic E-state index is -1.16. The average Bonchev–Trinajstić information content (AvgIpc) is 3.33. The van der Waals surface area contributed by atoms with Crippen molar-refractivity contribution in [1.29, 1.82) is 0 Å². The van der Waals surface area contributed by atoms with E-state index >= 15 is 0 Å². The van der Waals surface area contributed by atoms with Gasteiger partial charge < -0.3 is 20.1 Å². The van der Waals surface area contributed by atoms with Crippen LogP contribution in [0.5, 0.6) is 0 Å². The molecule has 1 unspecified atom stereocenters. The number of likely N-dealkylation sites (tertiary alicyclic amines) is 1. The summed E-state index contributed by atoms with van der Waals surface area (Å²) in [6.45, 7) is 22.6. The number of fused-ring (bicyclic) bond motifs is 6. The Kier molecular flexibility index (Phi) is 10.0. The van der Waals surface area contributed by atoms with Gasteiger partial charge in [-0.1, -0.05) is 60.5 Å². The van der Waals surface area contributed by atoms with Crippen LogP contribution in [0.25, 0.3) is 0 Å². The third-order valence-electron chi connectivity index (χ3n) is 16.2. The molecule has 0 radical (unpaired) electrons. The lowest BCUT2D eigenvalue weighted by atomic mass is 9.34. The molecule has 1 saturated heterocycles. The Hall–Kier alpha value is -2.22. The van der Waals surface area contributed by atoms with Crippen LogP contribution in [-0.4, -0.2) is 64.9 Å². The van der Waals surface area contributed by atoms with Gasteiger partial charge in [0.2, 0.25) is 5.91 Å². The third-order valence-corrected chi connectivity index (χ3v) is 16.2. The van der Waals surface area contributed by atoms with Crippen molar-refractivity contribution in [3.63, 3.8) is 0 Å². The Morgan fingerprint density at radius 3 is 2.27 bits per heavy atom. The molecule has 8 nitrogen and oxygen atoms in total. The molecule has 1 aliphatic heterocycles. The number of ether oxygens (including phenoxy) is 1. The quantitative estimate of drug-likeness (QED) is 0.184. The van der Waals surface area contributed by atoms with Crippen molar-refractivity contribution in [1.82, 2.24) is 10.2 Å². The van der Waals surface area contributed by atoms with Gasteiger partial charge in [0.25, 0.3) is 0 Å². The number of ketones is 1. The second-order valence-corrected chi connectivity index (χ2v) is 20.2. The molecule has 6 rings (SSSR count). The van der Waals surface area contributed by atoms with Gasteiger partial charge in [-0.25, -0.2) is 0 Å². The minimum absolute atomic E-state index is 0.0432. The van der Waals surface area contributed by atoms with Gasteiger partial charge >= 0.3 is 11.9 Å². The zero-order chi connectivity index (χ0) is 37.4. The number of carboxylic acid groups (broad SMARTS) is 1. The van der Waals surface area contributed by atoms with E-state index in [0.717, 1.165) is 71.0 Å². The maximum atomic E-state index is 14.0. The van der Waals surface area contributed by atoms with Crippen molar-refractivity contribution < 1.29 is 29.0 Å². The van der Waals surface area contributed by atoms with Crippen molar-refractivity contribution >= 4 is 23.6 Å². The summed E-state index contributed by atoms with van der Waals surface area (Å²) in [5.41, 5.74) is 0.872. The number of carbonyl (C=O) groups excluding carboxylic acids is 3. The molecule has 5 fully saturated rings. The summed E-state index contributed by atoms with van der Waals surface area (Å²) in [7, 11) is 0. The molecule has 6 aliphatic rings. The molecule has 4 saturated carbocycles. The highest BCUT2D eigenvalue weighted by atomic mass is 16.5. The van der Waals surface area contributed by atoms with Crippen LogP contribution in [0, 0.1) is 50.7 Å². The van der Waals surface area contributed by atoms with Crippen molar-refractivity contribution in [2.75, 3.05) is 19.6 Å². The van der Waals surface area contributed by atoms with Crippen molar-refractivity contribution in [3.05, 3.63) is 11.1 Å². The minimum Gasteiger partial charge on any atom is -0.481 e. The smallest absolute Gasteiger partial charge is 0.309 e. The van der Waals surface area contributed by atoms with E-state index < -0.39 is 22.9 Å². The molecule has 51 heavy (non-hydrogen) atoms. The van der Waals surface area contributed by atoms with Crippen molar-refractivity contribution in [2.24, 2.45) is 50.7 Å². The van der Waals surface area contributed by atoms with Gasteiger partial charge in [-0.05, 0) is 131 Å². The maximum Gasteiger partial charge on any atom is 0.309 e. The highest BCUT2D eigenvalue weighted by Crippen LogP contribution is 2.75. The van der Waals surface area contributed by atoms with E-state index in [4.69, 9.17) is 4.74 Å². The van der Waals surface area contributed by atoms with Crippen LogP contribution in [0.15, 0.2) is 11.1 Å². The number of nitrogens with one attached hydrogen (secondary N) is 1. The fraction of sp³-hybridized carbons (Fsp3) is 0.860. The molecule has 286 valence electrons. The number of hydrogen-bond donors (Lipinski definition) is 2. The van der Waals surface area contributed by atoms with Crippen LogP contribution in [0.1, 0.15) is 152 Å². The zero-order valence-electron chi connectivity index (χ0n) is 33.3. The molecule has 0 aromatic carbocycles. The SMILES string of the molecule is CC(C)C1C(=O)C[C@]2(NC(=O)CCN3CCCCC3)CC[C@]3(C)C(=C12)CC[C@@H]1[C@@]2(C)CC[C@H](OC(=O)CC(C)(C)C(=O)O)C(C)(C)[C@@H]2CC[C@]13C. The van der Waals surface area contributed by atoms with Gasteiger partial charge in [-0.2, -0.15) is 0 Å². The zero-order valence-corrected chi connectivity index (χ0v) is 33.3. The molecule has 0 bridgehead atoms. The molecule has 5 aliphatic carbocycles. The Morgan fingerprint density at radius 1 is 0.941 bits per heavy atom. The van der Waals surface area contributed by atoms with Crippen LogP contribution in [0.2, 0.25) is 0 Å². The molecule has 8 heteroatoms. The summed E-state index contributed by atoms with van der Waals surface area (Å²) in [6.07, 6.45) is 12.0. The average molecular weight is 709 g/mol. The summed E-state index contributed by atoms with van der Waals surface area (Å²) < 4.78 is 6.16. The van der Waals surface area contributed by atoms with Gasteiger partial charge in [-0.15, -0.1) is 0 Å². The number of allylic oxidation sites excluding steroid dienone is 1. The number of hydrogen-bond acceptors (Lipinski definition) is 6. The highest BCUT2D eigenvalue weighted by Gasteiger charge is 2.69. The van der Waals surface area contributed by atoms with Crippen LogP contribution in [0.3, 0.4) is 0 Å². The van der Waals surface area contributed by atoms with E-state index in [2.05, 4.69) is 58.7 Å². The summed E-state index contributed by atoms with van der Waals surface area (Å²) in [5, 5.41) is 13.2. The van der Waals surface area contributed by atoms with E-state index in [-0.39, 0.29) is 51.9 Å². The first-order valence-electron chi connectivity index (χ1n) is 20.4. The topological polar surface area (TPSA) is 113 Å². The first-order valence-corrected chi connectivity index (χ1v) is 20.4. The van der Waals surface area contributed by atoms with Crippen LogP contribution >= 0.6 is 0 Å². The van der Waals surface area contributed by atoms with Crippen molar-refractivity contribution in [2.45, 2.75) is 164 Å². The number of rotatable bonds is 9. The summed E-state index contributed by atoms with van der Waals surface area (Å²) in [5.74, 6) is -0.0902. The van der Waals surface area contributed by atoms with Crippen LogP contribution in [-0.2, 0) is 23.9 Å². The Labute approximate surface area is 307 Å². The highest BCUT2D eigenvalue weighted by molar-refractivity contribution is 5.93. The fourth-order valence-electron chi connectivity index (χ4n) is 13.2. The van der Waals surface area contributed by atoms with Gasteiger partial charge in [0, 0.05) is 30.7 Å².